The summed E-state index contributed by atoms with van der Waals surface area (Å²) in [5.74, 6) is -0.270. The minimum atomic E-state index is -0.168. The molecular weight excluding hydrogens is 320 g/mol. The van der Waals surface area contributed by atoms with E-state index >= 15 is 0 Å². The van der Waals surface area contributed by atoms with Gasteiger partial charge in [0.15, 0.2) is 0 Å². The molecule has 26 heavy (non-hydrogen) atoms. The summed E-state index contributed by atoms with van der Waals surface area (Å²) in [4.78, 5) is 12.0. The highest BCUT2D eigenvalue weighted by molar-refractivity contribution is 5.77. The molecule has 1 atom stereocenters. The molecule has 148 valence electrons. The van der Waals surface area contributed by atoms with Crippen molar-refractivity contribution in [3.05, 3.63) is 35.9 Å². The van der Waals surface area contributed by atoms with Gasteiger partial charge in [0, 0.05) is 0 Å². The van der Waals surface area contributed by atoms with Gasteiger partial charge in [-0.15, -0.1) is 0 Å². The summed E-state index contributed by atoms with van der Waals surface area (Å²) in [6, 6.07) is 9.86. The van der Waals surface area contributed by atoms with Crippen LogP contribution in [0.25, 0.3) is 0 Å². The normalized spacial score (nSPS) is 12.1. The molecule has 2 nitrogen and oxygen atoms in total. The molecule has 0 radical (unpaired) electrons. The number of esters is 1. The Hall–Kier alpha value is -1.31. The maximum Gasteiger partial charge on any atom is 0.313 e. The second-order valence-electron chi connectivity index (χ2n) is 7.54. The summed E-state index contributed by atoms with van der Waals surface area (Å²) >= 11 is 0. The number of carbonyl (C=O) groups is 1. The van der Waals surface area contributed by atoms with Crippen molar-refractivity contribution >= 4 is 5.97 Å². The van der Waals surface area contributed by atoms with Crippen molar-refractivity contribution in [3.8, 4) is 0 Å². The van der Waals surface area contributed by atoms with Crippen molar-refractivity contribution in [3.63, 3.8) is 0 Å². The monoisotopic (exact) mass is 360 g/mol. The summed E-state index contributed by atoms with van der Waals surface area (Å²) in [5, 5.41) is 0. The van der Waals surface area contributed by atoms with Crippen molar-refractivity contribution in [2.45, 2.75) is 103 Å². The molecule has 1 aromatic rings. The zero-order valence-electron chi connectivity index (χ0n) is 17.2. The van der Waals surface area contributed by atoms with Gasteiger partial charge >= 0.3 is 5.97 Å². The van der Waals surface area contributed by atoms with Crippen LogP contribution in [0, 0.1) is 0 Å². The maximum atomic E-state index is 12.0. The average Bonchev–Trinajstić information content (AvgIpc) is 2.68. The molecule has 0 aliphatic rings. The fourth-order valence-electron chi connectivity index (χ4n) is 3.30. The molecule has 1 unspecified atom stereocenters. The standard InChI is InChI=1S/C24H40O2/c1-3-4-5-6-7-8-9-10-11-12-13-14-18-21-26-24(25)22(2)23-19-16-15-17-20-23/h15-17,19-20,22H,3-14,18,21H2,1-2H3. The highest BCUT2D eigenvalue weighted by Crippen LogP contribution is 2.17. The number of benzene rings is 1. The SMILES string of the molecule is CCCCCCCCCCCCCCCOC(=O)C(C)c1ccccc1. The van der Waals surface area contributed by atoms with Crippen LogP contribution in [0.2, 0.25) is 0 Å². The van der Waals surface area contributed by atoms with Gasteiger partial charge in [-0.05, 0) is 18.9 Å². The third kappa shape index (κ3) is 11.3. The lowest BCUT2D eigenvalue weighted by atomic mass is 10.0. The van der Waals surface area contributed by atoms with Crippen LogP contribution in [0.5, 0.6) is 0 Å². The second-order valence-corrected chi connectivity index (χ2v) is 7.54. The molecule has 0 saturated carbocycles. The zero-order valence-corrected chi connectivity index (χ0v) is 17.2. The molecule has 2 heteroatoms. The Kier molecular flexibility index (Phi) is 13.9. The number of ether oxygens (including phenoxy) is 1. The van der Waals surface area contributed by atoms with Crippen molar-refractivity contribution in [2.24, 2.45) is 0 Å². The van der Waals surface area contributed by atoms with E-state index in [1.165, 1.54) is 77.0 Å². The first kappa shape index (κ1) is 22.7. The van der Waals surface area contributed by atoms with E-state index in [9.17, 15) is 4.79 Å². The fourth-order valence-corrected chi connectivity index (χ4v) is 3.30. The third-order valence-corrected chi connectivity index (χ3v) is 5.15. The molecule has 1 aromatic carbocycles. The van der Waals surface area contributed by atoms with E-state index < -0.39 is 0 Å². The first-order chi connectivity index (χ1) is 12.8. The van der Waals surface area contributed by atoms with Crippen LogP contribution in [-0.4, -0.2) is 12.6 Å². The number of unbranched alkanes of at least 4 members (excludes halogenated alkanes) is 12. The highest BCUT2D eigenvalue weighted by atomic mass is 16.5. The Morgan fingerprint density at radius 2 is 1.23 bits per heavy atom. The van der Waals surface area contributed by atoms with Crippen LogP contribution in [0.15, 0.2) is 30.3 Å². The van der Waals surface area contributed by atoms with Crippen LogP contribution >= 0.6 is 0 Å². The molecule has 0 fully saturated rings. The summed E-state index contributed by atoms with van der Waals surface area (Å²) in [6.45, 7) is 4.75. The smallest absolute Gasteiger partial charge is 0.313 e. The molecule has 0 amide bonds. The van der Waals surface area contributed by atoms with Crippen LogP contribution in [0.1, 0.15) is 109 Å². The number of hydrogen-bond acceptors (Lipinski definition) is 2. The Morgan fingerprint density at radius 1 is 0.769 bits per heavy atom. The van der Waals surface area contributed by atoms with Crippen molar-refractivity contribution < 1.29 is 9.53 Å². The van der Waals surface area contributed by atoms with Gasteiger partial charge in [0.2, 0.25) is 0 Å². The summed E-state index contributed by atoms with van der Waals surface area (Å²) < 4.78 is 5.42. The van der Waals surface area contributed by atoms with Gasteiger partial charge in [0.1, 0.15) is 0 Å². The third-order valence-electron chi connectivity index (χ3n) is 5.15. The summed E-state index contributed by atoms with van der Waals surface area (Å²) in [6.07, 6.45) is 17.3. The van der Waals surface area contributed by atoms with Crippen molar-refractivity contribution in [1.82, 2.24) is 0 Å². The topological polar surface area (TPSA) is 26.3 Å². The Bertz CT molecular complexity index is 441. The van der Waals surface area contributed by atoms with Crippen LogP contribution in [-0.2, 0) is 9.53 Å². The minimum absolute atomic E-state index is 0.102. The van der Waals surface area contributed by atoms with E-state index in [4.69, 9.17) is 4.74 Å². The molecule has 0 aliphatic carbocycles. The molecule has 0 saturated heterocycles. The van der Waals surface area contributed by atoms with Gasteiger partial charge in [-0.2, -0.15) is 0 Å². The molecule has 0 spiro atoms. The molecular formula is C24H40O2. The van der Waals surface area contributed by atoms with Crippen LogP contribution in [0.3, 0.4) is 0 Å². The molecule has 0 heterocycles. The fraction of sp³-hybridized carbons (Fsp3) is 0.708. The van der Waals surface area contributed by atoms with Crippen molar-refractivity contribution in [2.75, 3.05) is 6.61 Å². The Labute approximate surface area is 161 Å². The summed E-state index contributed by atoms with van der Waals surface area (Å²) in [7, 11) is 0. The quantitative estimate of drug-likeness (QED) is 0.226. The van der Waals surface area contributed by atoms with E-state index in [0.29, 0.717) is 6.61 Å². The van der Waals surface area contributed by atoms with E-state index in [0.717, 1.165) is 12.0 Å². The predicted molar refractivity (Wildman–Crippen MR) is 112 cm³/mol. The van der Waals surface area contributed by atoms with Gasteiger partial charge in [-0.1, -0.05) is 114 Å². The van der Waals surface area contributed by atoms with Gasteiger partial charge in [0.25, 0.3) is 0 Å². The molecule has 0 N–H and O–H groups in total. The predicted octanol–water partition coefficient (Wildman–Crippen LogP) is 7.42. The first-order valence-electron chi connectivity index (χ1n) is 11.0. The number of hydrogen-bond donors (Lipinski definition) is 0. The van der Waals surface area contributed by atoms with Gasteiger partial charge in [0.05, 0.1) is 12.5 Å². The molecule has 0 bridgehead atoms. The molecule has 0 aromatic heterocycles. The van der Waals surface area contributed by atoms with Crippen LogP contribution in [0.4, 0.5) is 0 Å². The van der Waals surface area contributed by atoms with Gasteiger partial charge in [-0.25, -0.2) is 0 Å². The average molecular weight is 361 g/mol. The number of rotatable bonds is 16. The maximum absolute atomic E-state index is 12.0. The first-order valence-corrected chi connectivity index (χ1v) is 11.0. The lowest BCUT2D eigenvalue weighted by Gasteiger charge is -2.11. The number of carbonyl (C=O) groups excluding carboxylic acids is 1. The van der Waals surface area contributed by atoms with Crippen molar-refractivity contribution in [1.29, 1.82) is 0 Å². The lowest BCUT2D eigenvalue weighted by molar-refractivity contribution is -0.145. The Balaban J connectivity index is 1.87. The zero-order chi connectivity index (χ0) is 18.9. The molecule has 0 aliphatic heterocycles. The lowest BCUT2D eigenvalue weighted by Crippen LogP contribution is -2.13. The second kappa shape index (κ2) is 15.9. The van der Waals surface area contributed by atoms with E-state index in [1.54, 1.807) is 0 Å². The Morgan fingerprint density at radius 3 is 1.73 bits per heavy atom. The van der Waals surface area contributed by atoms with E-state index in [-0.39, 0.29) is 11.9 Å². The largest absolute Gasteiger partial charge is 0.465 e. The minimum Gasteiger partial charge on any atom is -0.465 e. The van der Waals surface area contributed by atoms with E-state index in [1.807, 2.05) is 37.3 Å². The van der Waals surface area contributed by atoms with Crippen LogP contribution < -0.4 is 0 Å². The van der Waals surface area contributed by atoms with Gasteiger partial charge < -0.3 is 4.74 Å². The van der Waals surface area contributed by atoms with Gasteiger partial charge in [-0.3, -0.25) is 4.79 Å². The molecule has 1 rings (SSSR count). The highest BCUT2D eigenvalue weighted by Gasteiger charge is 2.15. The summed E-state index contributed by atoms with van der Waals surface area (Å²) in [5.41, 5.74) is 1.03. The van der Waals surface area contributed by atoms with E-state index in [2.05, 4.69) is 6.92 Å².